The van der Waals surface area contributed by atoms with E-state index in [0.29, 0.717) is 6.61 Å². The molecular formula is C23H16N2O2. The van der Waals surface area contributed by atoms with Gasteiger partial charge >= 0.3 is 5.69 Å². The SMILES string of the molecule is O=c1[nH]c2ccc(C=C=C3c4ccccc4COc4ccccc43)cc2[nH]1. The lowest BCUT2D eigenvalue weighted by Gasteiger charge is -2.07. The number of rotatable bonds is 1. The van der Waals surface area contributed by atoms with Gasteiger partial charge in [-0.2, -0.15) is 0 Å². The van der Waals surface area contributed by atoms with Gasteiger partial charge in [-0.15, -0.1) is 5.73 Å². The Kier molecular flexibility index (Phi) is 3.56. The third kappa shape index (κ3) is 2.78. The lowest BCUT2D eigenvalue weighted by Crippen LogP contribution is -1.99. The summed E-state index contributed by atoms with van der Waals surface area (Å²) in [7, 11) is 0. The Bertz CT molecular complexity index is 1240. The van der Waals surface area contributed by atoms with E-state index in [2.05, 4.69) is 33.9 Å². The molecule has 0 bridgehead atoms. The molecular weight excluding hydrogens is 336 g/mol. The molecule has 0 saturated carbocycles. The smallest absolute Gasteiger partial charge is 0.323 e. The van der Waals surface area contributed by atoms with Crippen LogP contribution in [0, 0.1) is 0 Å². The first-order valence-corrected chi connectivity index (χ1v) is 8.77. The molecule has 4 nitrogen and oxygen atoms in total. The second-order valence-corrected chi connectivity index (χ2v) is 6.49. The third-order valence-electron chi connectivity index (χ3n) is 4.75. The Hall–Kier alpha value is -3.75. The van der Waals surface area contributed by atoms with Crippen molar-refractivity contribution in [2.75, 3.05) is 0 Å². The average molecular weight is 352 g/mol. The normalized spacial score (nSPS) is 12.5. The number of fused-ring (bicyclic) bond motifs is 3. The number of aromatic amines is 2. The molecule has 1 aliphatic heterocycles. The maximum atomic E-state index is 11.5. The van der Waals surface area contributed by atoms with E-state index in [0.717, 1.165) is 44.6 Å². The van der Waals surface area contributed by atoms with Gasteiger partial charge in [0.15, 0.2) is 0 Å². The summed E-state index contributed by atoms with van der Waals surface area (Å²) < 4.78 is 6.00. The summed E-state index contributed by atoms with van der Waals surface area (Å²) in [5, 5.41) is 0. The molecule has 2 heterocycles. The van der Waals surface area contributed by atoms with Gasteiger partial charge in [0, 0.05) is 11.1 Å². The molecule has 0 atom stereocenters. The summed E-state index contributed by atoms with van der Waals surface area (Å²) in [5.74, 6) is 0.856. The van der Waals surface area contributed by atoms with E-state index in [1.165, 1.54) is 0 Å². The molecule has 27 heavy (non-hydrogen) atoms. The van der Waals surface area contributed by atoms with Crippen LogP contribution >= 0.6 is 0 Å². The highest BCUT2D eigenvalue weighted by Crippen LogP contribution is 2.36. The maximum absolute atomic E-state index is 11.5. The number of hydrogen-bond acceptors (Lipinski definition) is 2. The Morgan fingerprint density at radius 3 is 2.59 bits per heavy atom. The Labute approximate surface area is 155 Å². The minimum Gasteiger partial charge on any atom is -0.488 e. The van der Waals surface area contributed by atoms with Crippen LogP contribution in [0.5, 0.6) is 5.75 Å². The van der Waals surface area contributed by atoms with Crippen LogP contribution in [-0.4, -0.2) is 9.97 Å². The fourth-order valence-electron chi connectivity index (χ4n) is 3.44. The molecule has 0 radical (unpaired) electrons. The van der Waals surface area contributed by atoms with Crippen molar-refractivity contribution in [2.45, 2.75) is 6.61 Å². The van der Waals surface area contributed by atoms with Gasteiger partial charge in [0.25, 0.3) is 0 Å². The molecule has 5 rings (SSSR count). The molecule has 4 aromatic rings. The van der Waals surface area contributed by atoms with Crippen molar-refractivity contribution in [3.8, 4) is 5.75 Å². The van der Waals surface area contributed by atoms with Gasteiger partial charge in [0.2, 0.25) is 0 Å². The van der Waals surface area contributed by atoms with E-state index < -0.39 is 0 Å². The van der Waals surface area contributed by atoms with E-state index >= 15 is 0 Å². The first-order chi connectivity index (χ1) is 13.3. The molecule has 0 amide bonds. The Morgan fingerprint density at radius 2 is 1.67 bits per heavy atom. The van der Waals surface area contributed by atoms with Crippen molar-refractivity contribution in [3.05, 3.63) is 105 Å². The fourth-order valence-corrected chi connectivity index (χ4v) is 3.44. The van der Waals surface area contributed by atoms with Gasteiger partial charge < -0.3 is 14.7 Å². The van der Waals surface area contributed by atoms with Crippen LogP contribution in [-0.2, 0) is 6.61 Å². The molecule has 130 valence electrons. The predicted molar refractivity (Wildman–Crippen MR) is 107 cm³/mol. The van der Waals surface area contributed by atoms with Crippen molar-refractivity contribution < 1.29 is 4.74 Å². The summed E-state index contributed by atoms with van der Waals surface area (Å²) in [6.45, 7) is 0.537. The zero-order valence-electron chi connectivity index (χ0n) is 14.5. The van der Waals surface area contributed by atoms with Crippen LogP contribution in [0.15, 0.2) is 77.3 Å². The highest BCUT2D eigenvalue weighted by molar-refractivity contribution is 5.86. The van der Waals surface area contributed by atoms with Crippen LogP contribution in [0.1, 0.15) is 22.3 Å². The zero-order valence-corrected chi connectivity index (χ0v) is 14.5. The summed E-state index contributed by atoms with van der Waals surface area (Å²) in [6, 6.07) is 22.1. The van der Waals surface area contributed by atoms with Crippen LogP contribution < -0.4 is 10.4 Å². The minimum absolute atomic E-state index is 0.201. The lowest BCUT2D eigenvalue weighted by atomic mass is 9.95. The van der Waals surface area contributed by atoms with Gasteiger partial charge in [0.1, 0.15) is 12.4 Å². The highest BCUT2D eigenvalue weighted by Gasteiger charge is 2.18. The number of nitrogens with one attached hydrogen (secondary N) is 2. The average Bonchev–Trinajstić information content (AvgIpc) is 2.99. The zero-order chi connectivity index (χ0) is 18.2. The molecule has 2 N–H and O–H groups in total. The molecule has 4 heteroatoms. The lowest BCUT2D eigenvalue weighted by molar-refractivity contribution is 0.307. The van der Waals surface area contributed by atoms with E-state index in [1.54, 1.807) is 0 Å². The van der Waals surface area contributed by atoms with Gasteiger partial charge in [-0.05, 0) is 47.0 Å². The second-order valence-electron chi connectivity index (χ2n) is 6.49. The largest absolute Gasteiger partial charge is 0.488 e. The fraction of sp³-hybridized carbons (Fsp3) is 0.0435. The highest BCUT2D eigenvalue weighted by atomic mass is 16.5. The molecule has 0 spiro atoms. The second kappa shape index (κ2) is 6.20. The number of H-pyrrole nitrogens is 2. The van der Waals surface area contributed by atoms with Crippen molar-refractivity contribution >= 4 is 22.7 Å². The number of benzene rings is 3. The van der Waals surface area contributed by atoms with Gasteiger partial charge in [0.05, 0.1) is 11.0 Å². The molecule has 0 aliphatic carbocycles. The van der Waals surface area contributed by atoms with Crippen LogP contribution in [0.3, 0.4) is 0 Å². The van der Waals surface area contributed by atoms with Crippen molar-refractivity contribution in [1.82, 2.24) is 9.97 Å². The van der Waals surface area contributed by atoms with Gasteiger partial charge in [-0.3, -0.25) is 0 Å². The first-order valence-electron chi connectivity index (χ1n) is 8.77. The molecule has 1 aromatic heterocycles. The first kappa shape index (κ1) is 15.5. The van der Waals surface area contributed by atoms with Crippen molar-refractivity contribution in [2.24, 2.45) is 0 Å². The van der Waals surface area contributed by atoms with Crippen molar-refractivity contribution in [1.29, 1.82) is 0 Å². The Morgan fingerprint density at radius 1 is 0.889 bits per heavy atom. The third-order valence-corrected chi connectivity index (χ3v) is 4.75. The monoisotopic (exact) mass is 352 g/mol. The van der Waals surface area contributed by atoms with Gasteiger partial charge in [-0.25, -0.2) is 4.79 Å². The molecule has 3 aromatic carbocycles. The summed E-state index contributed by atoms with van der Waals surface area (Å²) in [4.78, 5) is 17.0. The number of imidazole rings is 1. The Balaban J connectivity index is 1.72. The number of para-hydroxylation sites is 1. The van der Waals surface area contributed by atoms with E-state index in [-0.39, 0.29) is 5.69 Å². The van der Waals surface area contributed by atoms with Crippen LogP contribution in [0.2, 0.25) is 0 Å². The summed E-state index contributed by atoms with van der Waals surface area (Å²) >= 11 is 0. The minimum atomic E-state index is -0.201. The van der Waals surface area contributed by atoms with E-state index in [4.69, 9.17) is 4.74 Å². The van der Waals surface area contributed by atoms with Gasteiger partial charge in [-0.1, -0.05) is 42.5 Å². The van der Waals surface area contributed by atoms with E-state index in [9.17, 15) is 4.79 Å². The molecule has 1 aliphatic rings. The standard InChI is InChI=1S/C23H16N2O2/c26-23-24-20-12-10-15(13-21(20)25-23)9-11-18-17-6-2-1-5-16(17)14-27-22-8-4-3-7-19(18)22/h1-10,12-13H,14H2,(H2,24,25,26). The molecule has 0 unspecified atom stereocenters. The number of aromatic nitrogens is 2. The predicted octanol–water partition coefficient (Wildman–Crippen LogP) is 4.49. The van der Waals surface area contributed by atoms with Crippen LogP contribution in [0.4, 0.5) is 0 Å². The molecule has 0 fully saturated rings. The summed E-state index contributed by atoms with van der Waals surface area (Å²) in [6.07, 6.45) is 1.94. The topological polar surface area (TPSA) is 57.9 Å². The van der Waals surface area contributed by atoms with Crippen LogP contribution in [0.25, 0.3) is 22.7 Å². The molecule has 0 saturated heterocycles. The maximum Gasteiger partial charge on any atom is 0.323 e. The number of ether oxygens (including phenoxy) is 1. The number of hydrogen-bond donors (Lipinski definition) is 2. The van der Waals surface area contributed by atoms with E-state index in [1.807, 2.05) is 54.6 Å². The van der Waals surface area contributed by atoms with Crippen molar-refractivity contribution in [3.63, 3.8) is 0 Å². The quantitative estimate of drug-likeness (QED) is 0.496. The summed E-state index contributed by atoms with van der Waals surface area (Å²) in [5.41, 5.74) is 10.1.